The minimum absolute atomic E-state index is 0.519. The number of likely N-dealkylation sites (tertiary alicyclic amines) is 1. The number of hydrogen-bond donors (Lipinski definition) is 0. The molecule has 74 valence electrons. The quantitative estimate of drug-likeness (QED) is 0.595. The maximum absolute atomic E-state index is 5.06. The summed E-state index contributed by atoms with van der Waals surface area (Å²) in [7, 11) is 0. The van der Waals surface area contributed by atoms with Crippen LogP contribution in [0.5, 0.6) is 0 Å². The van der Waals surface area contributed by atoms with Crippen molar-refractivity contribution in [2.75, 3.05) is 6.54 Å². The van der Waals surface area contributed by atoms with Crippen molar-refractivity contribution in [1.82, 2.24) is 4.90 Å². The molecule has 13 heavy (non-hydrogen) atoms. The van der Waals surface area contributed by atoms with Gasteiger partial charge in [-0.3, -0.25) is 0 Å². The summed E-state index contributed by atoms with van der Waals surface area (Å²) >= 11 is 5.06. The molecule has 0 aromatic rings. The molecule has 1 nitrogen and oxygen atoms in total. The SMILES string of the molecule is CC1(C)CC2CC(C)(CN2C=S)C1. The van der Waals surface area contributed by atoms with Crippen LogP contribution >= 0.6 is 12.2 Å². The van der Waals surface area contributed by atoms with Gasteiger partial charge in [-0.2, -0.15) is 0 Å². The molecular formula is C11H19NS. The Morgan fingerprint density at radius 3 is 2.62 bits per heavy atom. The zero-order valence-corrected chi connectivity index (χ0v) is 9.66. The normalized spacial score (nSPS) is 42.1. The molecule has 0 amide bonds. The van der Waals surface area contributed by atoms with Crippen molar-refractivity contribution in [3.05, 3.63) is 0 Å². The molecule has 1 saturated heterocycles. The van der Waals surface area contributed by atoms with Crippen LogP contribution in [0.2, 0.25) is 0 Å². The first-order valence-electron chi connectivity index (χ1n) is 5.15. The van der Waals surface area contributed by atoms with Gasteiger partial charge in [0.2, 0.25) is 0 Å². The van der Waals surface area contributed by atoms with Crippen molar-refractivity contribution in [1.29, 1.82) is 0 Å². The molecule has 1 saturated carbocycles. The zero-order chi connectivity index (χ0) is 9.69. The van der Waals surface area contributed by atoms with Crippen molar-refractivity contribution >= 4 is 17.7 Å². The summed E-state index contributed by atoms with van der Waals surface area (Å²) < 4.78 is 0. The Balaban J connectivity index is 2.23. The first kappa shape index (κ1) is 9.45. The fraction of sp³-hybridized carbons (Fsp3) is 0.909. The molecule has 0 spiro atoms. The second kappa shape index (κ2) is 2.69. The Kier molecular flexibility index (Phi) is 1.96. The lowest BCUT2D eigenvalue weighted by Gasteiger charge is -2.39. The summed E-state index contributed by atoms with van der Waals surface area (Å²) in [4.78, 5) is 2.38. The Morgan fingerprint density at radius 1 is 1.31 bits per heavy atom. The standard InChI is InChI=1S/C11H19NS/c1-10(2)4-9-5-11(3,6-10)7-12(9)8-13/h8-9H,4-7H2,1-3H3. The summed E-state index contributed by atoms with van der Waals surface area (Å²) in [6.45, 7) is 8.39. The Hall–Kier alpha value is -0.110. The van der Waals surface area contributed by atoms with Gasteiger partial charge >= 0.3 is 0 Å². The van der Waals surface area contributed by atoms with E-state index < -0.39 is 0 Å². The minimum atomic E-state index is 0.519. The van der Waals surface area contributed by atoms with Gasteiger partial charge in [-0.25, -0.2) is 0 Å². The van der Waals surface area contributed by atoms with Crippen LogP contribution in [-0.2, 0) is 0 Å². The van der Waals surface area contributed by atoms with Crippen LogP contribution in [0.1, 0.15) is 40.0 Å². The topological polar surface area (TPSA) is 3.24 Å². The molecule has 0 N–H and O–H groups in total. The number of hydrogen-bond acceptors (Lipinski definition) is 1. The molecule has 1 aliphatic heterocycles. The zero-order valence-electron chi connectivity index (χ0n) is 8.84. The van der Waals surface area contributed by atoms with Crippen LogP contribution in [0.3, 0.4) is 0 Å². The fourth-order valence-corrected chi connectivity index (χ4v) is 3.87. The minimum Gasteiger partial charge on any atom is -0.365 e. The summed E-state index contributed by atoms with van der Waals surface area (Å²) in [5.74, 6) is 0. The first-order chi connectivity index (χ1) is 5.94. The van der Waals surface area contributed by atoms with E-state index >= 15 is 0 Å². The third-order valence-electron chi connectivity index (χ3n) is 3.59. The van der Waals surface area contributed by atoms with Gasteiger partial charge in [-0.15, -0.1) is 0 Å². The van der Waals surface area contributed by atoms with Gasteiger partial charge in [-0.1, -0.05) is 33.0 Å². The van der Waals surface area contributed by atoms with E-state index in [1.54, 1.807) is 0 Å². The maximum atomic E-state index is 5.06. The summed E-state index contributed by atoms with van der Waals surface area (Å²) in [5, 5.41) is 0. The van der Waals surface area contributed by atoms with Crippen LogP contribution in [0.4, 0.5) is 0 Å². The van der Waals surface area contributed by atoms with E-state index in [-0.39, 0.29) is 0 Å². The molecule has 2 unspecified atom stereocenters. The fourth-order valence-electron chi connectivity index (χ4n) is 3.63. The van der Waals surface area contributed by atoms with Crippen molar-refractivity contribution in [3.63, 3.8) is 0 Å². The molecule has 2 aliphatic rings. The largest absolute Gasteiger partial charge is 0.365 e. The Morgan fingerprint density at radius 2 is 2.00 bits per heavy atom. The predicted octanol–water partition coefficient (Wildman–Crippen LogP) is 2.84. The third-order valence-corrected chi connectivity index (χ3v) is 3.86. The van der Waals surface area contributed by atoms with E-state index in [9.17, 15) is 0 Å². The van der Waals surface area contributed by atoms with E-state index in [0.717, 1.165) is 6.04 Å². The molecule has 0 aromatic heterocycles. The summed E-state index contributed by atoms with van der Waals surface area (Å²) in [6, 6.07) is 0.728. The molecule has 0 aromatic carbocycles. The molecule has 2 fully saturated rings. The molecule has 2 bridgehead atoms. The number of rotatable bonds is 1. The van der Waals surface area contributed by atoms with Gasteiger partial charge in [0.25, 0.3) is 0 Å². The smallest absolute Gasteiger partial charge is 0.0643 e. The average molecular weight is 197 g/mol. The van der Waals surface area contributed by atoms with E-state index in [0.29, 0.717) is 10.8 Å². The maximum Gasteiger partial charge on any atom is 0.0643 e. The highest BCUT2D eigenvalue weighted by molar-refractivity contribution is 7.78. The number of fused-ring (bicyclic) bond motifs is 2. The van der Waals surface area contributed by atoms with Gasteiger partial charge in [-0.05, 0) is 30.1 Å². The lowest BCUT2D eigenvalue weighted by molar-refractivity contribution is 0.133. The Bertz CT molecular complexity index is 236. The number of nitrogens with zero attached hydrogens (tertiary/aromatic N) is 1. The van der Waals surface area contributed by atoms with Crippen LogP contribution in [0, 0.1) is 10.8 Å². The van der Waals surface area contributed by atoms with Crippen molar-refractivity contribution in [3.8, 4) is 0 Å². The molecule has 1 aliphatic carbocycles. The molecular weight excluding hydrogens is 178 g/mol. The second-order valence-corrected chi connectivity index (χ2v) is 6.20. The van der Waals surface area contributed by atoms with Crippen molar-refractivity contribution in [2.45, 2.75) is 46.1 Å². The molecule has 2 rings (SSSR count). The lowest BCUT2D eigenvalue weighted by atomic mass is 9.65. The lowest BCUT2D eigenvalue weighted by Crippen LogP contribution is -2.34. The predicted molar refractivity (Wildman–Crippen MR) is 59.9 cm³/mol. The van der Waals surface area contributed by atoms with Crippen LogP contribution in [0.25, 0.3) is 0 Å². The Labute approximate surface area is 86.5 Å². The molecule has 2 atom stereocenters. The van der Waals surface area contributed by atoms with Gasteiger partial charge in [0.15, 0.2) is 0 Å². The van der Waals surface area contributed by atoms with Gasteiger partial charge in [0, 0.05) is 12.6 Å². The second-order valence-electron chi connectivity index (χ2n) is 5.99. The van der Waals surface area contributed by atoms with Gasteiger partial charge in [0.05, 0.1) is 5.49 Å². The monoisotopic (exact) mass is 197 g/mol. The summed E-state index contributed by atoms with van der Waals surface area (Å²) in [5.41, 5.74) is 2.92. The van der Waals surface area contributed by atoms with E-state index in [4.69, 9.17) is 12.2 Å². The molecule has 1 heterocycles. The van der Waals surface area contributed by atoms with Crippen LogP contribution in [-0.4, -0.2) is 23.0 Å². The summed E-state index contributed by atoms with van der Waals surface area (Å²) in [6.07, 6.45) is 4.02. The molecule has 0 radical (unpaired) electrons. The first-order valence-corrected chi connectivity index (χ1v) is 5.62. The van der Waals surface area contributed by atoms with Crippen molar-refractivity contribution in [2.24, 2.45) is 10.8 Å². The van der Waals surface area contributed by atoms with E-state index in [1.807, 2.05) is 5.49 Å². The van der Waals surface area contributed by atoms with Crippen LogP contribution < -0.4 is 0 Å². The van der Waals surface area contributed by atoms with Crippen molar-refractivity contribution < 1.29 is 0 Å². The third kappa shape index (κ3) is 1.61. The van der Waals surface area contributed by atoms with E-state index in [2.05, 4.69) is 25.7 Å². The van der Waals surface area contributed by atoms with E-state index in [1.165, 1.54) is 25.8 Å². The highest BCUT2D eigenvalue weighted by atomic mass is 32.1. The van der Waals surface area contributed by atoms with Gasteiger partial charge < -0.3 is 4.90 Å². The number of thiocarbonyl (C=S) groups is 1. The highest BCUT2D eigenvalue weighted by Gasteiger charge is 2.48. The highest BCUT2D eigenvalue weighted by Crippen LogP contribution is 2.51. The van der Waals surface area contributed by atoms with Gasteiger partial charge in [0.1, 0.15) is 0 Å². The molecule has 2 heteroatoms. The average Bonchev–Trinajstić information content (AvgIpc) is 2.19. The van der Waals surface area contributed by atoms with Crippen LogP contribution in [0.15, 0.2) is 0 Å².